The summed E-state index contributed by atoms with van der Waals surface area (Å²) >= 11 is 1.49. The molecule has 2 aromatic carbocycles. The Morgan fingerprint density at radius 2 is 1.90 bits per heavy atom. The first-order valence-electron chi connectivity index (χ1n) is 9.65. The molecule has 2 heterocycles. The Kier molecular flexibility index (Phi) is 6.25. The van der Waals surface area contributed by atoms with Gasteiger partial charge in [-0.25, -0.2) is 13.4 Å². The Bertz CT molecular complexity index is 1160. The second kappa shape index (κ2) is 9.08. The van der Waals surface area contributed by atoms with Gasteiger partial charge in [0.2, 0.25) is 10.0 Å². The van der Waals surface area contributed by atoms with Gasteiger partial charge in [-0.3, -0.25) is 9.89 Å². The molecule has 0 unspecified atom stereocenters. The van der Waals surface area contributed by atoms with Gasteiger partial charge in [-0.2, -0.15) is 9.40 Å². The minimum absolute atomic E-state index is 0.0438. The Balaban J connectivity index is 1.45. The molecule has 1 aromatic heterocycles. The number of nitrogens with zero attached hydrogens (tertiary/aromatic N) is 3. The second-order valence-electron chi connectivity index (χ2n) is 7.02. The number of thioether (sulfide) groups is 1. The number of carbonyl (C=O) groups is 1. The Morgan fingerprint density at radius 1 is 1.16 bits per heavy atom. The van der Waals surface area contributed by atoms with Crippen LogP contribution in [0.25, 0.3) is 0 Å². The normalized spacial score (nSPS) is 14.6. The highest BCUT2D eigenvalue weighted by Crippen LogP contribution is 2.29. The third kappa shape index (κ3) is 4.89. The van der Waals surface area contributed by atoms with Gasteiger partial charge in [0, 0.05) is 24.4 Å². The van der Waals surface area contributed by atoms with Crippen molar-refractivity contribution in [3.63, 3.8) is 0 Å². The number of hydrogen-bond donors (Lipinski definition) is 3. The van der Waals surface area contributed by atoms with Crippen molar-refractivity contribution in [1.82, 2.24) is 19.5 Å². The third-order valence-corrected chi connectivity index (χ3v) is 7.75. The molecule has 9 nitrogen and oxygen atoms in total. The van der Waals surface area contributed by atoms with Crippen molar-refractivity contribution in [1.29, 1.82) is 0 Å². The van der Waals surface area contributed by atoms with Crippen LogP contribution in [0.15, 0.2) is 58.8 Å². The fourth-order valence-corrected chi connectivity index (χ4v) is 5.49. The molecule has 0 bridgehead atoms. The van der Waals surface area contributed by atoms with Gasteiger partial charge in [0.05, 0.1) is 10.6 Å². The fraction of sp³-hybridized carbons (Fsp3) is 0.250. The molecule has 1 amide bonds. The van der Waals surface area contributed by atoms with Crippen LogP contribution in [0.5, 0.6) is 5.75 Å². The maximum Gasteiger partial charge on any atom is 0.255 e. The van der Waals surface area contributed by atoms with Gasteiger partial charge >= 0.3 is 0 Å². The largest absolute Gasteiger partial charge is 0.506 e. The van der Waals surface area contributed by atoms with Crippen molar-refractivity contribution in [2.45, 2.75) is 28.6 Å². The van der Waals surface area contributed by atoms with Gasteiger partial charge in [0.1, 0.15) is 12.1 Å². The zero-order chi connectivity index (χ0) is 21.8. The number of H-pyrrole nitrogens is 1. The molecular weight excluding hydrogens is 438 g/mol. The predicted octanol–water partition coefficient (Wildman–Crippen LogP) is 2.84. The summed E-state index contributed by atoms with van der Waals surface area (Å²) in [6.07, 6.45) is 3.10. The molecule has 4 rings (SSSR count). The molecule has 0 spiro atoms. The van der Waals surface area contributed by atoms with E-state index in [9.17, 15) is 18.3 Å². The Morgan fingerprint density at radius 3 is 2.58 bits per heavy atom. The van der Waals surface area contributed by atoms with Crippen LogP contribution in [0.3, 0.4) is 0 Å². The molecule has 0 saturated carbocycles. The fourth-order valence-electron chi connectivity index (χ4n) is 3.22. The van der Waals surface area contributed by atoms with Crippen LogP contribution >= 0.6 is 11.8 Å². The lowest BCUT2D eigenvalue weighted by Gasteiger charge is -2.16. The van der Waals surface area contributed by atoms with E-state index in [4.69, 9.17) is 0 Å². The minimum Gasteiger partial charge on any atom is -0.506 e. The van der Waals surface area contributed by atoms with E-state index in [-0.39, 0.29) is 16.3 Å². The topological polar surface area (TPSA) is 128 Å². The zero-order valence-electron chi connectivity index (χ0n) is 16.5. The standard InChI is InChI=1S/C20H21N5O4S2/c26-18-8-7-16(31(28,29)25-9-1-2-10-25)11-17(18)23-19(27)15-5-3-14(4-6-15)12-30-20-21-13-22-24-20/h3-8,11,13,26H,1-2,9-10,12H2,(H,23,27)(H,21,22,24). The number of benzene rings is 2. The molecule has 3 N–H and O–H groups in total. The van der Waals surface area contributed by atoms with Crippen molar-refractivity contribution in [3.8, 4) is 5.75 Å². The smallest absolute Gasteiger partial charge is 0.255 e. The van der Waals surface area contributed by atoms with Crippen LogP contribution in [0, 0.1) is 0 Å². The lowest BCUT2D eigenvalue weighted by Crippen LogP contribution is -2.28. The molecule has 11 heteroatoms. The summed E-state index contributed by atoms with van der Waals surface area (Å²) in [5.74, 6) is 0.0168. The maximum atomic E-state index is 12.8. The predicted molar refractivity (Wildman–Crippen MR) is 116 cm³/mol. The number of rotatable bonds is 7. The van der Waals surface area contributed by atoms with E-state index in [0.29, 0.717) is 29.6 Å². The average Bonchev–Trinajstić information content (AvgIpc) is 3.48. The average molecular weight is 460 g/mol. The number of amides is 1. The number of phenols is 1. The van der Waals surface area contributed by atoms with Gasteiger partial charge in [0.15, 0.2) is 5.16 Å². The van der Waals surface area contributed by atoms with Gasteiger partial charge in [-0.15, -0.1) is 0 Å². The number of carbonyl (C=O) groups excluding carboxylic acids is 1. The van der Waals surface area contributed by atoms with Crippen molar-refractivity contribution < 1.29 is 18.3 Å². The number of anilines is 1. The number of aromatic amines is 1. The first-order valence-corrected chi connectivity index (χ1v) is 12.1. The summed E-state index contributed by atoms with van der Waals surface area (Å²) in [7, 11) is -3.65. The lowest BCUT2D eigenvalue weighted by molar-refractivity contribution is 0.102. The van der Waals surface area contributed by atoms with E-state index in [1.807, 2.05) is 12.1 Å². The van der Waals surface area contributed by atoms with Crippen LogP contribution < -0.4 is 5.32 Å². The number of hydrogen-bond acceptors (Lipinski definition) is 7. The van der Waals surface area contributed by atoms with Crippen molar-refractivity contribution in [3.05, 3.63) is 59.9 Å². The van der Waals surface area contributed by atoms with Crippen molar-refractivity contribution in [2.24, 2.45) is 0 Å². The molecular formula is C20H21N5O4S2. The summed E-state index contributed by atoms with van der Waals surface area (Å²) in [4.78, 5) is 16.7. The number of aromatic hydroxyl groups is 1. The monoisotopic (exact) mass is 459 g/mol. The second-order valence-corrected chi connectivity index (χ2v) is 9.92. The van der Waals surface area contributed by atoms with Gasteiger partial charge in [-0.05, 0) is 48.7 Å². The summed E-state index contributed by atoms with van der Waals surface area (Å²) in [5.41, 5.74) is 1.44. The number of aromatic nitrogens is 3. The summed E-state index contributed by atoms with van der Waals surface area (Å²) in [5, 5.41) is 20.0. The van der Waals surface area contributed by atoms with Crippen LogP contribution in [-0.4, -0.2) is 52.0 Å². The SMILES string of the molecule is O=C(Nc1cc(S(=O)(=O)N2CCCC2)ccc1O)c1ccc(CSc2ncn[nH]2)cc1. The molecule has 0 aliphatic carbocycles. The first kappa shape index (κ1) is 21.3. The highest BCUT2D eigenvalue weighted by atomic mass is 32.2. The number of nitrogens with one attached hydrogen (secondary N) is 2. The van der Waals surface area contributed by atoms with Crippen LogP contribution in [-0.2, 0) is 15.8 Å². The molecule has 162 valence electrons. The van der Waals surface area contributed by atoms with Gasteiger partial charge in [-0.1, -0.05) is 23.9 Å². The van der Waals surface area contributed by atoms with Crippen LogP contribution in [0.2, 0.25) is 0 Å². The van der Waals surface area contributed by atoms with E-state index < -0.39 is 15.9 Å². The molecule has 0 radical (unpaired) electrons. The third-order valence-electron chi connectivity index (χ3n) is 4.90. The van der Waals surface area contributed by atoms with Gasteiger partial charge in [0.25, 0.3) is 5.91 Å². The Labute approximate surface area is 183 Å². The molecule has 3 aromatic rings. The first-order chi connectivity index (χ1) is 14.9. The van der Waals surface area contributed by atoms with Crippen LogP contribution in [0.1, 0.15) is 28.8 Å². The zero-order valence-corrected chi connectivity index (χ0v) is 18.1. The molecule has 1 fully saturated rings. The number of sulfonamides is 1. The van der Waals surface area contributed by atoms with E-state index in [0.717, 1.165) is 18.4 Å². The highest BCUT2D eigenvalue weighted by molar-refractivity contribution is 7.98. The van der Waals surface area contributed by atoms with E-state index in [2.05, 4.69) is 20.5 Å². The van der Waals surface area contributed by atoms with E-state index >= 15 is 0 Å². The summed E-state index contributed by atoms with van der Waals surface area (Å²) in [6, 6.07) is 10.9. The van der Waals surface area contributed by atoms with Gasteiger partial charge < -0.3 is 10.4 Å². The van der Waals surface area contributed by atoms with E-state index in [1.54, 1.807) is 12.1 Å². The summed E-state index contributed by atoms with van der Waals surface area (Å²) < 4.78 is 26.9. The van der Waals surface area contributed by atoms with Crippen molar-refractivity contribution >= 4 is 33.4 Å². The molecule has 1 saturated heterocycles. The lowest BCUT2D eigenvalue weighted by atomic mass is 10.1. The van der Waals surface area contributed by atoms with E-state index in [1.165, 1.54) is 40.6 Å². The number of phenolic OH excluding ortho intramolecular Hbond substituents is 1. The summed E-state index contributed by atoms with van der Waals surface area (Å²) in [6.45, 7) is 0.956. The highest BCUT2D eigenvalue weighted by Gasteiger charge is 2.28. The molecule has 31 heavy (non-hydrogen) atoms. The molecule has 0 atom stereocenters. The molecule has 1 aliphatic rings. The quantitative estimate of drug-likeness (QED) is 0.366. The molecule has 1 aliphatic heterocycles. The Hall–Kier alpha value is -2.89. The maximum absolute atomic E-state index is 12.8. The minimum atomic E-state index is -3.65. The van der Waals surface area contributed by atoms with Crippen LogP contribution in [0.4, 0.5) is 5.69 Å². The van der Waals surface area contributed by atoms with Crippen molar-refractivity contribution in [2.75, 3.05) is 18.4 Å².